The molecule has 0 spiro atoms. The molecule has 0 aromatic heterocycles. The van der Waals surface area contributed by atoms with Crippen LogP contribution < -0.4 is 0 Å². The summed E-state index contributed by atoms with van der Waals surface area (Å²) in [4.78, 5) is 0. The number of unbranched alkanes of at least 4 members (excludes halogenated alkanes) is 4. The zero-order chi connectivity index (χ0) is 11.6. The molecular formula is C10H23PS4. The van der Waals surface area contributed by atoms with Crippen molar-refractivity contribution in [2.45, 2.75) is 52.4 Å². The SMILES string of the molecule is CCCCCSP(=S)(S)SCCCCC. The third-order valence-corrected chi connectivity index (χ3v) is 12.5. The number of thiol groups is 1. The van der Waals surface area contributed by atoms with E-state index in [1.807, 2.05) is 22.8 Å². The Hall–Kier alpha value is 1.70. The van der Waals surface area contributed by atoms with Crippen LogP contribution in [0.15, 0.2) is 0 Å². The first-order chi connectivity index (χ1) is 7.12. The molecule has 0 rings (SSSR count). The second-order valence-electron chi connectivity index (χ2n) is 3.55. The minimum atomic E-state index is -1.41. The highest BCUT2D eigenvalue weighted by atomic mass is 33.5. The Morgan fingerprint density at radius 1 is 0.933 bits per heavy atom. The van der Waals surface area contributed by atoms with Gasteiger partial charge in [0.25, 0.3) is 0 Å². The summed E-state index contributed by atoms with van der Waals surface area (Å²) >= 11 is 14.0. The van der Waals surface area contributed by atoms with Crippen molar-refractivity contribution in [2.24, 2.45) is 0 Å². The third kappa shape index (κ3) is 12.0. The van der Waals surface area contributed by atoms with E-state index in [1.165, 1.54) is 50.0 Å². The molecule has 0 N–H and O–H groups in total. The molecule has 0 atom stereocenters. The quantitative estimate of drug-likeness (QED) is 0.299. The molecule has 0 aromatic carbocycles. The molecule has 0 unspecified atom stereocenters. The van der Waals surface area contributed by atoms with Gasteiger partial charge in [0.2, 0.25) is 0 Å². The molecule has 0 aromatic rings. The molecular weight excluding hydrogens is 279 g/mol. The molecule has 5 heteroatoms. The summed E-state index contributed by atoms with van der Waals surface area (Å²) in [6, 6.07) is 0. The molecule has 0 amide bonds. The molecule has 92 valence electrons. The fourth-order valence-corrected chi connectivity index (χ4v) is 9.51. The largest absolute Gasteiger partial charge is 0.122 e. The second kappa shape index (κ2) is 10.8. The normalized spacial score (nSPS) is 11.9. The third-order valence-electron chi connectivity index (χ3n) is 2.00. The van der Waals surface area contributed by atoms with Gasteiger partial charge in [-0.05, 0) is 24.3 Å². The average Bonchev–Trinajstić information content (AvgIpc) is 2.20. The fourth-order valence-electron chi connectivity index (χ4n) is 1.10. The van der Waals surface area contributed by atoms with Crippen LogP contribution in [0.25, 0.3) is 0 Å². The lowest BCUT2D eigenvalue weighted by Crippen LogP contribution is -1.79. The van der Waals surface area contributed by atoms with Crippen molar-refractivity contribution in [2.75, 3.05) is 11.5 Å². The van der Waals surface area contributed by atoms with Gasteiger partial charge in [-0.2, -0.15) is 0 Å². The molecule has 0 radical (unpaired) electrons. The van der Waals surface area contributed by atoms with Gasteiger partial charge in [-0.3, -0.25) is 0 Å². The molecule has 15 heavy (non-hydrogen) atoms. The number of hydrogen-bond acceptors (Lipinski definition) is 3. The number of hydrogen-bond donors (Lipinski definition) is 1. The minimum Gasteiger partial charge on any atom is -0.122 e. The van der Waals surface area contributed by atoms with Crippen molar-refractivity contribution in [1.29, 1.82) is 0 Å². The molecule has 0 bridgehead atoms. The summed E-state index contributed by atoms with van der Waals surface area (Å²) in [5, 5.41) is 0. The Kier molecular flexibility index (Phi) is 12.1. The van der Waals surface area contributed by atoms with Crippen molar-refractivity contribution in [1.82, 2.24) is 0 Å². The minimum absolute atomic E-state index is 1.20. The maximum atomic E-state index is 5.54. The molecule has 0 aliphatic carbocycles. The van der Waals surface area contributed by atoms with Crippen molar-refractivity contribution < 1.29 is 0 Å². The highest BCUT2D eigenvalue weighted by Crippen LogP contribution is 2.73. The van der Waals surface area contributed by atoms with E-state index in [9.17, 15) is 0 Å². The van der Waals surface area contributed by atoms with E-state index < -0.39 is 3.64 Å². The average molecular weight is 303 g/mol. The first-order valence-electron chi connectivity index (χ1n) is 5.74. The maximum absolute atomic E-state index is 5.54. The van der Waals surface area contributed by atoms with Gasteiger partial charge in [-0.15, -0.1) is 35.0 Å². The van der Waals surface area contributed by atoms with Gasteiger partial charge in [0.1, 0.15) is 3.64 Å². The van der Waals surface area contributed by atoms with E-state index >= 15 is 0 Å². The fraction of sp³-hybridized carbons (Fsp3) is 1.00. The molecule has 0 aliphatic rings. The topological polar surface area (TPSA) is 0 Å². The van der Waals surface area contributed by atoms with Crippen LogP contribution in [0.2, 0.25) is 0 Å². The lowest BCUT2D eigenvalue weighted by atomic mass is 10.3. The Labute approximate surface area is 114 Å². The van der Waals surface area contributed by atoms with Crippen LogP contribution in [0.4, 0.5) is 0 Å². The highest BCUT2D eigenvalue weighted by Gasteiger charge is 2.11. The van der Waals surface area contributed by atoms with E-state index in [2.05, 4.69) is 26.1 Å². The van der Waals surface area contributed by atoms with Crippen LogP contribution in [0, 0.1) is 0 Å². The van der Waals surface area contributed by atoms with Crippen LogP contribution in [0.3, 0.4) is 0 Å². The zero-order valence-corrected chi connectivity index (χ0v) is 14.0. The maximum Gasteiger partial charge on any atom is 0.106 e. The molecule has 0 saturated heterocycles. The Bertz CT molecular complexity index is 168. The van der Waals surface area contributed by atoms with Crippen molar-refractivity contribution in [3.05, 3.63) is 0 Å². The predicted octanol–water partition coefficient (Wildman–Crippen LogP) is 5.99. The second-order valence-corrected chi connectivity index (χ2v) is 18.6. The van der Waals surface area contributed by atoms with E-state index in [1.54, 1.807) is 0 Å². The van der Waals surface area contributed by atoms with Gasteiger partial charge in [-0.25, -0.2) is 0 Å². The highest BCUT2D eigenvalue weighted by molar-refractivity contribution is 9.20. The predicted molar refractivity (Wildman–Crippen MR) is 87.2 cm³/mol. The summed E-state index contributed by atoms with van der Waals surface area (Å²) in [6.07, 6.45) is 7.85. The molecule has 0 fully saturated rings. The summed E-state index contributed by atoms with van der Waals surface area (Å²) in [7, 11) is 0. The van der Waals surface area contributed by atoms with Crippen LogP contribution >= 0.6 is 38.7 Å². The van der Waals surface area contributed by atoms with Gasteiger partial charge >= 0.3 is 0 Å². The first-order valence-corrected chi connectivity index (χ1v) is 12.9. The summed E-state index contributed by atoms with van der Waals surface area (Å²) in [6.45, 7) is 4.47. The van der Waals surface area contributed by atoms with E-state index in [0.29, 0.717) is 0 Å². The van der Waals surface area contributed by atoms with Gasteiger partial charge in [-0.1, -0.05) is 51.3 Å². The van der Waals surface area contributed by atoms with Crippen molar-refractivity contribution >= 4 is 50.5 Å². The molecule has 0 heterocycles. The number of rotatable bonds is 10. The first kappa shape index (κ1) is 16.7. The van der Waals surface area contributed by atoms with E-state index in [0.717, 1.165) is 0 Å². The van der Waals surface area contributed by atoms with Crippen LogP contribution in [-0.4, -0.2) is 11.5 Å². The Morgan fingerprint density at radius 2 is 1.33 bits per heavy atom. The van der Waals surface area contributed by atoms with Crippen LogP contribution in [0.1, 0.15) is 52.4 Å². The molecule has 0 saturated carbocycles. The van der Waals surface area contributed by atoms with Gasteiger partial charge in [0, 0.05) is 0 Å². The zero-order valence-electron chi connectivity index (χ0n) is 9.78. The van der Waals surface area contributed by atoms with E-state index in [-0.39, 0.29) is 0 Å². The van der Waals surface area contributed by atoms with Crippen molar-refractivity contribution in [3.8, 4) is 0 Å². The summed E-state index contributed by atoms with van der Waals surface area (Å²) in [5.74, 6) is 2.41. The van der Waals surface area contributed by atoms with Gasteiger partial charge in [0.05, 0.1) is 0 Å². The lowest BCUT2D eigenvalue weighted by molar-refractivity contribution is 0.779. The van der Waals surface area contributed by atoms with Gasteiger partial charge in [0.15, 0.2) is 0 Å². The Balaban J connectivity index is 3.45. The standard InChI is InChI=1S/C10H23PS4/c1-3-5-7-9-14-11(12,13)15-10-8-6-4-2/h3-10H2,1-2H3,(H,12,13). The summed E-state index contributed by atoms with van der Waals surface area (Å²) in [5.41, 5.74) is 0. The smallest absolute Gasteiger partial charge is 0.106 e. The molecule has 0 nitrogen and oxygen atoms in total. The van der Waals surface area contributed by atoms with Crippen LogP contribution in [0.5, 0.6) is 0 Å². The van der Waals surface area contributed by atoms with Crippen LogP contribution in [-0.2, 0) is 11.8 Å². The monoisotopic (exact) mass is 302 g/mol. The molecule has 0 aliphatic heterocycles. The lowest BCUT2D eigenvalue weighted by Gasteiger charge is -2.13. The Morgan fingerprint density at radius 3 is 1.67 bits per heavy atom. The van der Waals surface area contributed by atoms with Crippen molar-refractivity contribution in [3.63, 3.8) is 0 Å². The summed E-state index contributed by atoms with van der Waals surface area (Å²) < 4.78 is -1.41. The van der Waals surface area contributed by atoms with E-state index in [4.69, 9.17) is 11.8 Å². The van der Waals surface area contributed by atoms with Gasteiger partial charge < -0.3 is 0 Å².